The van der Waals surface area contributed by atoms with Crippen molar-refractivity contribution in [1.82, 2.24) is 20.7 Å². The SMILES string of the molecule is COC(=O)C(C)NC(=O)c1n[nH]nc1N. The summed E-state index contributed by atoms with van der Waals surface area (Å²) in [4.78, 5) is 22.4. The smallest absolute Gasteiger partial charge is 0.328 e. The molecule has 0 aliphatic rings. The van der Waals surface area contributed by atoms with E-state index in [1.807, 2.05) is 0 Å². The van der Waals surface area contributed by atoms with Gasteiger partial charge in [-0.2, -0.15) is 5.21 Å². The molecule has 0 aliphatic heterocycles. The summed E-state index contributed by atoms with van der Waals surface area (Å²) < 4.78 is 4.43. The molecule has 0 fully saturated rings. The lowest BCUT2D eigenvalue weighted by molar-refractivity contribution is -0.142. The number of nitrogen functional groups attached to an aromatic ring is 1. The van der Waals surface area contributed by atoms with Crippen molar-refractivity contribution in [1.29, 1.82) is 0 Å². The Hall–Kier alpha value is -2.12. The van der Waals surface area contributed by atoms with Crippen molar-refractivity contribution in [3.8, 4) is 0 Å². The van der Waals surface area contributed by atoms with Gasteiger partial charge in [-0.15, -0.1) is 10.2 Å². The molecule has 0 saturated heterocycles. The number of nitrogens with zero attached hydrogens (tertiary/aromatic N) is 2. The van der Waals surface area contributed by atoms with Crippen LogP contribution in [0.15, 0.2) is 0 Å². The van der Waals surface area contributed by atoms with Crippen LogP contribution in [0.4, 0.5) is 5.82 Å². The second-order valence-corrected chi connectivity index (χ2v) is 2.78. The fraction of sp³-hybridized carbons (Fsp3) is 0.429. The number of anilines is 1. The molecule has 0 radical (unpaired) electrons. The molecule has 1 aromatic rings. The van der Waals surface area contributed by atoms with E-state index >= 15 is 0 Å². The van der Waals surface area contributed by atoms with E-state index in [9.17, 15) is 9.59 Å². The van der Waals surface area contributed by atoms with Gasteiger partial charge in [0.15, 0.2) is 11.5 Å². The summed E-state index contributed by atoms with van der Waals surface area (Å²) in [5.41, 5.74) is 5.29. The number of hydrogen-bond acceptors (Lipinski definition) is 6. The molecule has 4 N–H and O–H groups in total. The largest absolute Gasteiger partial charge is 0.467 e. The highest BCUT2D eigenvalue weighted by Gasteiger charge is 2.20. The lowest BCUT2D eigenvalue weighted by Gasteiger charge is -2.09. The molecule has 8 heteroatoms. The minimum absolute atomic E-state index is 0.0236. The number of nitrogens with one attached hydrogen (secondary N) is 2. The summed E-state index contributed by atoms with van der Waals surface area (Å²) in [6, 6.07) is -0.765. The van der Waals surface area contributed by atoms with Crippen molar-refractivity contribution >= 4 is 17.7 Å². The van der Waals surface area contributed by atoms with Crippen LogP contribution in [0.2, 0.25) is 0 Å². The number of ether oxygens (including phenoxy) is 1. The second kappa shape index (κ2) is 4.40. The van der Waals surface area contributed by atoms with Gasteiger partial charge >= 0.3 is 5.97 Å². The van der Waals surface area contributed by atoms with Crippen LogP contribution in [-0.2, 0) is 9.53 Å². The van der Waals surface area contributed by atoms with Gasteiger partial charge in [0.1, 0.15) is 6.04 Å². The standard InChI is InChI=1S/C7H11N5O3/c1-3(7(14)15-2)9-6(13)4-5(8)11-12-10-4/h3H,1-2H3,(H,9,13)(H3,8,10,11,12). The topological polar surface area (TPSA) is 123 Å². The van der Waals surface area contributed by atoms with E-state index in [1.165, 1.54) is 14.0 Å². The predicted molar refractivity (Wildman–Crippen MR) is 49.7 cm³/mol. The number of rotatable bonds is 3. The van der Waals surface area contributed by atoms with Gasteiger partial charge in [0.25, 0.3) is 5.91 Å². The zero-order chi connectivity index (χ0) is 11.4. The van der Waals surface area contributed by atoms with Crippen molar-refractivity contribution in [3.05, 3.63) is 5.69 Å². The number of methoxy groups -OCH3 is 1. The van der Waals surface area contributed by atoms with Gasteiger partial charge in [0.05, 0.1) is 7.11 Å². The first-order valence-corrected chi connectivity index (χ1v) is 4.11. The molecule has 1 amide bonds. The van der Waals surface area contributed by atoms with Crippen LogP contribution in [0.1, 0.15) is 17.4 Å². The van der Waals surface area contributed by atoms with Gasteiger partial charge in [0.2, 0.25) is 0 Å². The normalized spacial score (nSPS) is 11.9. The molecule has 1 atom stereocenters. The minimum atomic E-state index is -0.765. The van der Waals surface area contributed by atoms with Crippen molar-refractivity contribution in [2.45, 2.75) is 13.0 Å². The first-order valence-electron chi connectivity index (χ1n) is 4.11. The number of esters is 1. The molecule has 0 aromatic carbocycles. The summed E-state index contributed by atoms with van der Waals surface area (Å²) in [5, 5.41) is 11.6. The van der Waals surface area contributed by atoms with E-state index in [0.29, 0.717) is 0 Å². The number of carbonyl (C=O) groups excluding carboxylic acids is 2. The number of H-pyrrole nitrogens is 1. The van der Waals surface area contributed by atoms with Crippen molar-refractivity contribution in [3.63, 3.8) is 0 Å². The van der Waals surface area contributed by atoms with Gasteiger partial charge in [-0.3, -0.25) is 4.79 Å². The first kappa shape index (κ1) is 11.0. The Morgan fingerprint density at radius 3 is 2.67 bits per heavy atom. The molecule has 1 rings (SSSR count). The van der Waals surface area contributed by atoms with E-state index in [1.54, 1.807) is 0 Å². The van der Waals surface area contributed by atoms with Crippen molar-refractivity contribution < 1.29 is 14.3 Å². The van der Waals surface area contributed by atoms with Gasteiger partial charge in [0, 0.05) is 0 Å². The average Bonchev–Trinajstić information content (AvgIpc) is 2.63. The molecule has 82 valence electrons. The van der Waals surface area contributed by atoms with Gasteiger partial charge in [-0.05, 0) is 6.92 Å². The van der Waals surface area contributed by atoms with Crippen LogP contribution < -0.4 is 11.1 Å². The Balaban J connectivity index is 2.64. The molecule has 0 spiro atoms. The van der Waals surface area contributed by atoms with Crippen LogP contribution in [0, 0.1) is 0 Å². The van der Waals surface area contributed by atoms with Crippen LogP contribution in [0.5, 0.6) is 0 Å². The van der Waals surface area contributed by atoms with E-state index in [2.05, 4.69) is 25.5 Å². The van der Waals surface area contributed by atoms with Crippen LogP contribution in [0.25, 0.3) is 0 Å². The zero-order valence-electron chi connectivity index (χ0n) is 8.27. The summed E-state index contributed by atoms with van der Waals surface area (Å²) >= 11 is 0. The number of nitrogens with two attached hydrogens (primary N) is 1. The quantitative estimate of drug-likeness (QED) is 0.535. The fourth-order valence-electron chi connectivity index (χ4n) is 0.907. The molecule has 15 heavy (non-hydrogen) atoms. The monoisotopic (exact) mass is 213 g/mol. The summed E-state index contributed by atoms with van der Waals surface area (Å²) in [6.45, 7) is 1.49. The highest BCUT2D eigenvalue weighted by Crippen LogP contribution is 2.02. The molecular formula is C7H11N5O3. The number of aromatic nitrogens is 3. The Labute approximate surface area is 85.2 Å². The highest BCUT2D eigenvalue weighted by molar-refractivity contribution is 5.98. The molecular weight excluding hydrogens is 202 g/mol. The number of carbonyl (C=O) groups is 2. The molecule has 1 heterocycles. The van der Waals surface area contributed by atoms with Crippen LogP contribution in [0.3, 0.4) is 0 Å². The molecule has 1 aromatic heterocycles. The molecule has 0 aliphatic carbocycles. The molecule has 0 saturated carbocycles. The lowest BCUT2D eigenvalue weighted by Crippen LogP contribution is -2.39. The maximum atomic E-state index is 11.4. The third-order valence-electron chi connectivity index (χ3n) is 1.69. The third-order valence-corrected chi connectivity index (χ3v) is 1.69. The van der Waals surface area contributed by atoms with Crippen LogP contribution in [-0.4, -0.2) is 40.4 Å². The second-order valence-electron chi connectivity index (χ2n) is 2.78. The van der Waals surface area contributed by atoms with Crippen molar-refractivity contribution in [2.24, 2.45) is 0 Å². The number of amides is 1. The van der Waals surface area contributed by atoms with E-state index in [-0.39, 0.29) is 11.5 Å². The van der Waals surface area contributed by atoms with Gasteiger partial charge in [-0.1, -0.05) is 0 Å². The number of aromatic amines is 1. The van der Waals surface area contributed by atoms with E-state index in [4.69, 9.17) is 5.73 Å². The Morgan fingerprint density at radius 1 is 1.53 bits per heavy atom. The fourth-order valence-corrected chi connectivity index (χ4v) is 0.907. The summed E-state index contributed by atoms with van der Waals surface area (Å²) in [6.07, 6.45) is 0. The Morgan fingerprint density at radius 2 is 2.20 bits per heavy atom. The Kier molecular flexibility index (Phi) is 3.21. The average molecular weight is 213 g/mol. The summed E-state index contributed by atoms with van der Waals surface area (Å²) in [7, 11) is 1.23. The molecule has 1 unspecified atom stereocenters. The maximum Gasteiger partial charge on any atom is 0.328 e. The predicted octanol–water partition coefficient (Wildman–Crippen LogP) is -1.32. The van der Waals surface area contributed by atoms with Crippen molar-refractivity contribution in [2.75, 3.05) is 12.8 Å². The minimum Gasteiger partial charge on any atom is -0.467 e. The molecule has 8 nitrogen and oxygen atoms in total. The van der Waals surface area contributed by atoms with Crippen LogP contribution >= 0.6 is 0 Å². The zero-order valence-corrected chi connectivity index (χ0v) is 8.27. The van der Waals surface area contributed by atoms with Gasteiger partial charge in [-0.25, -0.2) is 4.79 Å². The summed E-state index contributed by atoms with van der Waals surface area (Å²) in [5.74, 6) is -1.16. The lowest BCUT2D eigenvalue weighted by atomic mass is 10.3. The van der Waals surface area contributed by atoms with E-state index in [0.717, 1.165) is 0 Å². The van der Waals surface area contributed by atoms with Gasteiger partial charge < -0.3 is 15.8 Å². The highest BCUT2D eigenvalue weighted by atomic mass is 16.5. The number of hydrogen-bond donors (Lipinski definition) is 3. The maximum absolute atomic E-state index is 11.4. The van der Waals surface area contributed by atoms with E-state index < -0.39 is 17.9 Å². The molecule has 0 bridgehead atoms. The Bertz CT molecular complexity index is 374. The third kappa shape index (κ3) is 2.42. The first-order chi connectivity index (χ1) is 7.06.